The zero-order valence-corrected chi connectivity index (χ0v) is 13.7. The molecule has 0 spiro atoms. The molecule has 4 heteroatoms. The minimum atomic E-state index is 0.748. The van der Waals surface area contributed by atoms with E-state index in [9.17, 15) is 0 Å². The number of rotatable bonds is 5. The van der Waals surface area contributed by atoms with Crippen LogP contribution < -0.4 is 9.47 Å². The maximum Gasteiger partial charge on any atom is 0.224 e. The molecule has 0 atom stereocenters. The molecule has 1 aliphatic heterocycles. The molecule has 4 rings (SSSR count). The topological polar surface area (TPSA) is 36.3 Å². The highest BCUT2D eigenvalue weighted by Gasteiger charge is 2.21. The van der Waals surface area contributed by atoms with Gasteiger partial charge in [0.25, 0.3) is 0 Å². The standard InChI is InChI=1S/C20H20N2O2/c1-2-12-23-17-9-10-18-15(13-17)8-11-19-21-14-20(22(18)19)24-16-6-4-3-5-7-16/h3-7,9-10,13-14H,2,8,11-12H2,1H3. The van der Waals surface area contributed by atoms with Crippen LogP contribution in [0, 0.1) is 0 Å². The summed E-state index contributed by atoms with van der Waals surface area (Å²) in [6.45, 7) is 2.86. The fourth-order valence-electron chi connectivity index (χ4n) is 3.02. The molecule has 3 aromatic rings. The van der Waals surface area contributed by atoms with E-state index in [4.69, 9.17) is 9.47 Å². The Kier molecular flexibility index (Phi) is 3.95. The van der Waals surface area contributed by atoms with E-state index < -0.39 is 0 Å². The molecule has 0 N–H and O–H groups in total. The second kappa shape index (κ2) is 6.40. The number of aryl methyl sites for hydroxylation is 2. The van der Waals surface area contributed by atoms with Gasteiger partial charge < -0.3 is 9.47 Å². The van der Waals surface area contributed by atoms with E-state index in [1.165, 1.54) is 5.56 Å². The van der Waals surface area contributed by atoms with Gasteiger partial charge in [-0.2, -0.15) is 0 Å². The van der Waals surface area contributed by atoms with Crippen LogP contribution in [0.15, 0.2) is 54.7 Å². The Hall–Kier alpha value is -2.75. The van der Waals surface area contributed by atoms with E-state index in [0.29, 0.717) is 0 Å². The first-order chi connectivity index (χ1) is 11.8. The van der Waals surface area contributed by atoms with Crippen LogP contribution in [0.4, 0.5) is 0 Å². The van der Waals surface area contributed by atoms with E-state index in [-0.39, 0.29) is 0 Å². The lowest BCUT2D eigenvalue weighted by molar-refractivity contribution is 0.317. The number of benzene rings is 2. The predicted molar refractivity (Wildman–Crippen MR) is 93.3 cm³/mol. The van der Waals surface area contributed by atoms with Gasteiger partial charge in [-0.1, -0.05) is 25.1 Å². The van der Waals surface area contributed by atoms with Crippen molar-refractivity contribution in [3.05, 3.63) is 66.1 Å². The quantitative estimate of drug-likeness (QED) is 0.692. The highest BCUT2D eigenvalue weighted by atomic mass is 16.5. The molecule has 0 radical (unpaired) electrons. The van der Waals surface area contributed by atoms with Crippen LogP contribution in [0.2, 0.25) is 0 Å². The lowest BCUT2D eigenvalue weighted by atomic mass is 10.0. The SMILES string of the molecule is CCCOc1ccc2c(c1)CCc1ncc(Oc3ccccc3)n1-2. The van der Waals surface area contributed by atoms with Gasteiger partial charge in [0.2, 0.25) is 5.88 Å². The molecule has 0 unspecified atom stereocenters. The van der Waals surface area contributed by atoms with E-state index in [1.807, 2.05) is 36.4 Å². The van der Waals surface area contributed by atoms with Gasteiger partial charge in [0.15, 0.2) is 0 Å². The van der Waals surface area contributed by atoms with Crippen LogP contribution in [-0.4, -0.2) is 16.2 Å². The van der Waals surface area contributed by atoms with E-state index in [1.54, 1.807) is 6.20 Å². The fraction of sp³-hybridized carbons (Fsp3) is 0.250. The lowest BCUT2D eigenvalue weighted by Crippen LogP contribution is -2.13. The van der Waals surface area contributed by atoms with Gasteiger partial charge in [-0.05, 0) is 48.7 Å². The Morgan fingerprint density at radius 3 is 2.75 bits per heavy atom. The Bertz CT molecular complexity index is 840. The molecule has 2 heterocycles. The molecule has 4 nitrogen and oxygen atoms in total. The molecule has 0 aliphatic carbocycles. The maximum absolute atomic E-state index is 6.04. The third-order valence-corrected chi connectivity index (χ3v) is 4.15. The van der Waals surface area contributed by atoms with E-state index >= 15 is 0 Å². The maximum atomic E-state index is 6.04. The van der Waals surface area contributed by atoms with Crippen molar-refractivity contribution in [2.45, 2.75) is 26.2 Å². The highest BCUT2D eigenvalue weighted by Crippen LogP contribution is 2.33. The van der Waals surface area contributed by atoms with Crippen molar-refractivity contribution in [1.29, 1.82) is 0 Å². The molecule has 0 amide bonds. The van der Waals surface area contributed by atoms with Crippen LogP contribution in [0.1, 0.15) is 24.7 Å². The second-order valence-electron chi connectivity index (χ2n) is 5.90. The zero-order valence-electron chi connectivity index (χ0n) is 13.7. The number of fused-ring (bicyclic) bond motifs is 3. The minimum absolute atomic E-state index is 0.748. The number of aromatic nitrogens is 2. The summed E-state index contributed by atoms with van der Waals surface area (Å²) in [5, 5.41) is 0. The van der Waals surface area contributed by atoms with Crippen molar-refractivity contribution in [3.63, 3.8) is 0 Å². The summed E-state index contributed by atoms with van der Waals surface area (Å²) < 4.78 is 13.9. The molecule has 2 aromatic carbocycles. The molecule has 0 bridgehead atoms. The minimum Gasteiger partial charge on any atom is -0.494 e. The Balaban J connectivity index is 1.68. The highest BCUT2D eigenvalue weighted by molar-refractivity contribution is 5.51. The van der Waals surface area contributed by atoms with Crippen LogP contribution in [-0.2, 0) is 12.8 Å². The second-order valence-corrected chi connectivity index (χ2v) is 5.90. The summed E-state index contributed by atoms with van der Waals surface area (Å²) in [6, 6.07) is 16.1. The smallest absolute Gasteiger partial charge is 0.224 e. The molecular weight excluding hydrogens is 300 g/mol. The van der Waals surface area contributed by atoms with Crippen molar-refractivity contribution in [2.24, 2.45) is 0 Å². The molecule has 1 aliphatic rings. The summed E-state index contributed by atoms with van der Waals surface area (Å²) in [4.78, 5) is 4.53. The molecular formula is C20H20N2O2. The summed E-state index contributed by atoms with van der Waals surface area (Å²) in [5.41, 5.74) is 2.40. The summed E-state index contributed by atoms with van der Waals surface area (Å²) in [6.07, 6.45) is 4.69. The largest absolute Gasteiger partial charge is 0.494 e. The summed E-state index contributed by atoms with van der Waals surface area (Å²) in [7, 11) is 0. The van der Waals surface area contributed by atoms with E-state index in [2.05, 4.69) is 28.6 Å². The van der Waals surface area contributed by atoms with Gasteiger partial charge in [0.1, 0.15) is 17.3 Å². The first-order valence-corrected chi connectivity index (χ1v) is 8.41. The normalized spacial score (nSPS) is 12.4. The molecule has 0 saturated heterocycles. The average Bonchev–Trinajstić information content (AvgIpc) is 3.04. The van der Waals surface area contributed by atoms with Crippen LogP contribution in [0.5, 0.6) is 17.4 Å². The predicted octanol–water partition coefficient (Wildman–Crippen LogP) is 4.55. The summed E-state index contributed by atoms with van der Waals surface area (Å²) in [5.74, 6) is 3.54. The van der Waals surface area contributed by atoms with Gasteiger partial charge in [-0.25, -0.2) is 4.98 Å². The lowest BCUT2D eigenvalue weighted by Gasteiger charge is -2.21. The van der Waals surface area contributed by atoms with Crippen molar-refractivity contribution >= 4 is 0 Å². The number of ether oxygens (including phenoxy) is 2. The molecule has 24 heavy (non-hydrogen) atoms. The molecule has 0 saturated carbocycles. The zero-order chi connectivity index (χ0) is 16.4. The van der Waals surface area contributed by atoms with Gasteiger partial charge in [-0.3, -0.25) is 4.57 Å². The number of para-hydroxylation sites is 1. The fourth-order valence-corrected chi connectivity index (χ4v) is 3.02. The number of hydrogen-bond acceptors (Lipinski definition) is 3. The average molecular weight is 320 g/mol. The Labute approximate surface area is 141 Å². The van der Waals surface area contributed by atoms with Gasteiger partial charge >= 0.3 is 0 Å². The number of nitrogens with zero attached hydrogens (tertiary/aromatic N) is 2. The summed E-state index contributed by atoms with van der Waals surface area (Å²) >= 11 is 0. The third kappa shape index (κ3) is 2.75. The van der Waals surface area contributed by atoms with Crippen molar-refractivity contribution in [1.82, 2.24) is 9.55 Å². The van der Waals surface area contributed by atoms with E-state index in [0.717, 1.165) is 54.8 Å². The van der Waals surface area contributed by atoms with Crippen molar-refractivity contribution in [3.8, 4) is 23.1 Å². The number of imidazole rings is 1. The van der Waals surface area contributed by atoms with Gasteiger partial charge in [0.05, 0.1) is 18.5 Å². The monoisotopic (exact) mass is 320 g/mol. The first kappa shape index (κ1) is 14.8. The van der Waals surface area contributed by atoms with Crippen LogP contribution in [0.3, 0.4) is 0 Å². The Morgan fingerprint density at radius 2 is 1.92 bits per heavy atom. The van der Waals surface area contributed by atoms with Crippen molar-refractivity contribution < 1.29 is 9.47 Å². The van der Waals surface area contributed by atoms with Gasteiger partial charge in [0, 0.05) is 6.42 Å². The molecule has 0 fully saturated rings. The third-order valence-electron chi connectivity index (χ3n) is 4.15. The first-order valence-electron chi connectivity index (χ1n) is 8.41. The number of hydrogen-bond donors (Lipinski definition) is 0. The van der Waals surface area contributed by atoms with Crippen LogP contribution >= 0.6 is 0 Å². The molecule has 122 valence electrons. The van der Waals surface area contributed by atoms with Crippen molar-refractivity contribution in [2.75, 3.05) is 6.61 Å². The molecule has 1 aromatic heterocycles. The van der Waals surface area contributed by atoms with Gasteiger partial charge in [-0.15, -0.1) is 0 Å². The van der Waals surface area contributed by atoms with Crippen LogP contribution in [0.25, 0.3) is 5.69 Å². The Morgan fingerprint density at radius 1 is 1.04 bits per heavy atom.